The van der Waals surface area contributed by atoms with Gasteiger partial charge in [0.2, 0.25) is 5.89 Å². The first-order valence-corrected chi connectivity index (χ1v) is 7.69. The van der Waals surface area contributed by atoms with Gasteiger partial charge in [-0.1, -0.05) is 12.1 Å². The van der Waals surface area contributed by atoms with Gasteiger partial charge < -0.3 is 4.52 Å². The van der Waals surface area contributed by atoms with E-state index in [4.69, 9.17) is 4.52 Å². The van der Waals surface area contributed by atoms with E-state index in [0.717, 1.165) is 50.7 Å². The molecule has 0 amide bonds. The number of nitrogens with zero attached hydrogens (tertiary/aromatic N) is 6. The number of hydrogen-bond donors (Lipinski definition) is 0. The van der Waals surface area contributed by atoms with Crippen molar-refractivity contribution in [2.75, 3.05) is 13.1 Å². The maximum atomic E-state index is 5.25. The van der Waals surface area contributed by atoms with Crippen LogP contribution in [-0.4, -0.2) is 42.9 Å². The summed E-state index contributed by atoms with van der Waals surface area (Å²) < 4.78 is 7.17. The van der Waals surface area contributed by atoms with Gasteiger partial charge in [-0.3, -0.25) is 9.58 Å². The molecule has 0 radical (unpaired) electrons. The van der Waals surface area contributed by atoms with Crippen LogP contribution in [0, 0.1) is 5.92 Å². The summed E-state index contributed by atoms with van der Waals surface area (Å²) in [6.45, 7) is 5.98. The second-order valence-corrected chi connectivity index (χ2v) is 5.72. The molecule has 0 saturated carbocycles. The predicted octanol–water partition coefficient (Wildman–Crippen LogP) is 1.53. The summed E-state index contributed by atoms with van der Waals surface area (Å²) in [5, 5.41) is 8.26. The molecule has 0 spiro atoms. The highest BCUT2D eigenvalue weighted by Crippen LogP contribution is 2.19. The Morgan fingerprint density at radius 2 is 2.38 bits per heavy atom. The molecule has 2 aromatic heterocycles. The molecule has 0 unspecified atom stereocenters. The standard InChI is InChI=1S/C14H22N6O/c1-2-4-14-17-13(18-21-14)9-19-6-3-5-12(7-19)8-20-11-15-10-16-20/h10-12H,2-9H2,1H3/t12-/m1/s1. The van der Waals surface area contributed by atoms with E-state index in [0.29, 0.717) is 5.92 Å². The van der Waals surface area contributed by atoms with Gasteiger partial charge in [-0.25, -0.2) is 4.98 Å². The minimum atomic E-state index is 0.613. The fourth-order valence-corrected chi connectivity index (χ4v) is 2.91. The molecule has 0 N–H and O–H groups in total. The van der Waals surface area contributed by atoms with Gasteiger partial charge in [-0.2, -0.15) is 10.1 Å². The molecule has 21 heavy (non-hydrogen) atoms. The molecule has 2 aromatic rings. The summed E-state index contributed by atoms with van der Waals surface area (Å²) in [5.74, 6) is 2.17. The average Bonchev–Trinajstić information content (AvgIpc) is 3.12. The van der Waals surface area contributed by atoms with Crippen LogP contribution in [0.3, 0.4) is 0 Å². The van der Waals surface area contributed by atoms with Crippen molar-refractivity contribution in [2.45, 2.75) is 45.7 Å². The Morgan fingerprint density at radius 1 is 1.43 bits per heavy atom. The Bertz CT molecular complexity index is 537. The number of hydrogen-bond acceptors (Lipinski definition) is 6. The van der Waals surface area contributed by atoms with Crippen molar-refractivity contribution < 1.29 is 4.52 Å². The van der Waals surface area contributed by atoms with Crippen molar-refractivity contribution in [1.82, 2.24) is 29.8 Å². The lowest BCUT2D eigenvalue weighted by Crippen LogP contribution is -2.36. The maximum absolute atomic E-state index is 5.25. The number of aryl methyl sites for hydroxylation is 1. The highest BCUT2D eigenvalue weighted by Gasteiger charge is 2.22. The normalized spacial score (nSPS) is 20.0. The van der Waals surface area contributed by atoms with E-state index in [-0.39, 0.29) is 0 Å². The quantitative estimate of drug-likeness (QED) is 0.803. The lowest BCUT2D eigenvalue weighted by atomic mass is 9.98. The van der Waals surface area contributed by atoms with Crippen LogP contribution in [0.4, 0.5) is 0 Å². The fourth-order valence-electron chi connectivity index (χ4n) is 2.91. The Morgan fingerprint density at radius 3 is 3.19 bits per heavy atom. The number of piperidine rings is 1. The molecule has 114 valence electrons. The van der Waals surface area contributed by atoms with Crippen molar-refractivity contribution in [1.29, 1.82) is 0 Å². The molecule has 1 aliphatic rings. The van der Waals surface area contributed by atoms with E-state index >= 15 is 0 Å². The zero-order valence-electron chi connectivity index (χ0n) is 12.5. The Hall–Kier alpha value is -1.76. The first-order valence-electron chi connectivity index (χ1n) is 7.69. The molecule has 1 saturated heterocycles. The summed E-state index contributed by atoms with van der Waals surface area (Å²) in [7, 11) is 0. The van der Waals surface area contributed by atoms with Crippen LogP contribution >= 0.6 is 0 Å². The first kappa shape index (κ1) is 14.2. The van der Waals surface area contributed by atoms with E-state index in [1.165, 1.54) is 12.8 Å². The second-order valence-electron chi connectivity index (χ2n) is 5.72. The minimum absolute atomic E-state index is 0.613. The molecule has 7 nitrogen and oxygen atoms in total. The van der Waals surface area contributed by atoms with Gasteiger partial charge in [0.15, 0.2) is 5.82 Å². The third kappa shape index (κ3) is 3.87. The zero-order chi connectivity index (χ0) is 14.5. The predicted molar refractivity (Wildman–Crippen MR) is 76.3 cm³/mol. The lowest BCUT2D eigenvalue weighted by Gasteiger charge is -2.31. The number of rotatable bonds is 6. The van der Waals surface area contributed by atoms with Crippen molar-refractivity contribution in [2.24, 2.45) is 5.92 Å². The zero-order valence-corrected chi connectivity index (χ0v) is 12.5. The van der Waals surface area contributed by atoms with Crippen LogP contribution < -0.4 is 0 Å². The second kappa shape index (κ2) is 6.80. The van der Waals surface area contributed by atoms with Crippen molar-refractivity contribution in [3.63, 3.8) is 0 Å². The SMILES string of the molecule is CCCc1nc(CN2CCC[C@@H](Cn3cncn3)C2)no1. The van der Waals surface area contributed by atoms with Gasteiger partial charge in [-0.05, 0) is 31.7 Å². The van der Waals surface area contributed by atoms with Gasteiger partial charge in [0.1, 0.15) is 12.7 Å². The Balaban J connectivity index is 1.53. The molecular weight excluding hydrogens is 268 g/mol. The molecule has 3 rings (SSSR count). The lowest BCUT2D eigenvalue weighted by molar-refractivity contribution is 0.149. The summed E-state index contributed by atoms with van der Waals surface area (Å²) in [6.07, 6.45) is 7.72. The largest absolute Gasteiger partial charge is 0.339 e. The Labute approximate surface area is 124 Å². The van der Waals surface area contributed by atoms with Crippen molar-refractivity contribution in [3.8, 4) is 0 Å². The Kier molecular flexibility index (Phi) is 4.59. The summed E-state index contributed by atoms with van der Waals surface area (Å²) in [6, 6.07) is 0. The van der Waals surface area contributed by atoms with Gasteiger partial charge in [-0.15, -0.1) is 0 Å². The smallest absolute Gasteiger partial charge is 0.226 e. The van der Waals surface area contributed by atoms with E-state index < -0.39 is 0 Å². The van der Waals surface area contributed by atoms with E-state index in [2.05, 4.69) is 32.0 Å². The molecule has 1 atom stereocenters. The molecule has 1 fully saturated rings. The van der Waals surface area contributed by atoms with Gasteiger partial charge >= 0.3 is 0 Å². The van der Waals surface area contributed by atoms with Crippen molar-refractivity contribution in [3.05, 3.63) is 24.4 Å². The molecule has 7 heteroatoms. The van der Waals surface area contributed by atoms with E-state index in [9.17, 15) is 0 Å². The van der Waals surface area contributed by atoms with Crippen LogP contribution in [0.1, 0.15) is 37.9 Å². The number of likely N-dealkylation sites (tertiary alicyclic amines) is 1. The van der Waals surface area contributed by atoms with Crippen molar-refractivity contribution >= 4 is 0 Å². The van der Waals surface area contributed by atoms with Gasteiger partial charge in [0.05, 0.1) is 6.54 Å². The topological polar surface area (TPSA) is 72.9 Å². The molecule has 0 bridgehead atoms. The monoisotopic (exact) mass is 290 g/mol. The van der Waals surface area contributed by atoms with Crippen LogP contribution in [0.5, 0.6) is 0 Å². The summed E-state index contributed by atoms with van der Waals surface area (Å²) >= 11 is 0. The first-order chi connectivity index (χ1) is 10.3. The molecule has 3 heterocycles. The van der Waals surface area contributed by atoms with E-state index in [1.54, 1.807) is 12.7 Å². The fraction of sp³-hybridized carbons (Fsp3) is 0.714. The third-order valence-corrected chi connectivity index (χ3v) is 3.85. The minimum Gasteiger partial charge on any atom is -0.339 e. The maximum Gasteiger partial charge on any atom is 0.226 e. The average molecular weight is 290 g/mol. The van der Waals surface area contributed by atoms with Crippen LogP contribution in [0.15, 0.2) is 17.2 Å². The highest BCUT2D eigenvalue weighted by atomic mass is 16.5. The van der Waals surface area contributed by atoms with Gasteiger partial charge in [0, 0.05) is 19.5 Å². The molecule has 0 aliphatic carbocycles. The van der Waals surface area contributed by atoms with Crippen LogP contribution in [0.25, 0.3) is 0 Å². The molecule has 0 aromatic carbocycles. The third-order valence-electron chi connectivity index (χ3n) is 3.85. The van der Waals surface area contributed by atoms with Crippen LogP contribution in [-0.2, 0) is 19.5 Å². The number of aromatic nitrogens is 5. The summed E-state index contributed by atoms with van der Waals surface area (Å²) in [4.78, 5) is 10.9. The van der Waals surface area contributed by atoms with E-state index in [1.807, 2.05) is 4.68 Å². The highest BCUT2D eigenvalue weighted by molar-refractivity contribution is 4.87. The summed E-state index contributed by atoms with van der Waals surface area (Å²) in [5.41, 5.74) is 0. The molecular formula is C14H22N6O. The van der Waals surface area contributed by atoms with Gasteiger partial charge in [0.25, 0.3) is 0 Å². The van der Waals surface area contributed by atoms with Crippen LogP contribution in [0.2, 0.25) is 0 Å². The molecule has 1 aliphatic heterocycles.